The molecule has 0 aromatic rings. The Bertz CT molecular complexity index is 199. The summed E-state index contributed by atoms with van der Waals surface area (Å²) in [6, 6.07) is 0. The van der Waals surface area contributed by atoms with Gasteiger partial charge in [-0.1, -0.05) is 12.2 Å². The maximum atomic E-state index is 10.6. The van der Waals surface area contributed by atoms with Gasteiger partial charge in [-0.2, -0.15) is 0 Å². The molecule has 1 nitrogen and oxygen atoms in total. The summed E-state index contributed by atoms with van der Waals surface area (Å²) in [5.41, 5.74) is 0. The molecule has 2 heteroatoms. The molecule has 0 heterocycles. The maximum absolute atomic E-state index is 10.6. The summed E-state index contributed by atoms with van der Waals surface area (Å²) >= 11 is 6.03. The highest BCUT2D eigenvalue weighted by molar-refractivity contribution is 6.32. The minimum Gasteiger partial charge on any atom is -0.301 e. The predicted octanol–water partition coefficient (Wildman–Crippen LogP) is 1.76. The average Bonchev–Trinajstić information content (AvgIpc) is 2.46. The zero-order valence-corrected chi connectivity index (χ0v) is 6.34. The fourth-order valence-corrected chi connectivity index (χ4v) is 2.33. The van der Waals surface area contributed by atoms with Crippen LogP contribution in [0.15, 0.2) is 12.2 Å². The van der Waals surface area contributed by atoms with Gasteiger partial charge in [-0.3, -0.25) is 0 Å². The standard InChI is InChI=1S/C8H9ClO/c9-8(5-10)4-6-1-2-7(8)3-6/h1-2,5-7H,3-4H2/t6-,7-,8-/m1/s1. The van der Waals surface area contributed by atoms with E-state index in [0.29, 0.717) is 11.8 Å². The number of carbonyl (C=O) groups excluding carboxylic acids is 1. The summed E-state index contributed by atoms with van der Waals surface area (Å²) < 4.78 is 0. The lowest BCUT2D eigenvalue weighted by atomic mass is 9.94. The molecule has 2 rings (SSSR count). The molecule has 0 amide bonds. The van der Waals surface area contributed by atoms with Crippen LogP contribution in [0.25, 0.3) is 0 Å². The van der Waals surface area contributed by atoms with Crippen LogP contribution in [0.1, 0.15) is 12.8 Å². The smallest absolute Gasteiger partial charge is 0.141 e. The number of halogens is 1. The summed E-state index contributed by atoms with van der Waals surface area (Å²) in [7, 11) is 0. The number of hydrogen-bond donors (Lipinski definition) is 0. The van der Waals surface area contributed by atoms with Crippen molar-refractivity contribution in [1.82, 2.24) is 0 Å². The van der Waals surface area contributed by atoms with Crippen LogP contribution < -0.4 is 0 Å². The Morgan fingerprint density at radius 2 is 2.40 bits per heavy atom. The molecule has 0 radical (unpaired) electrons. The maximum Gasteiger partial charge on any atom is 0.141 e. The molecule has 0 N–H and O–H groups in total. The van der Waals surface area contributed by atoms with Gasteiger partial charge >= 0.3 is 0 Å². The van der Waals surface area contributed by atoms with Gasteiger partial charge in [-0.05, 0) is 18.8 Å². The summed E-state index contributed by atoms with van der Waals surface area (Å²) in [4.78, 5) is 10.0. The molecule has 2 bridgehead atoms. The van der Waals surface area contributed by atoms with E-state index in [0.717, 1.165) is 19.1 Å². The Hall–Kier alpha value is -0.300. The van der Waals surface area contributed by atoms with E-state index in [4.69, 9.17) is 11.6 Å². The van der Waals surface area contributed by atoms with E-state index >= 15 is 0 Å². The predicted molar refractivity (Wildman–Crippen MR) is 40.0 cm³/mol. The third kappa shape index (κ3) is 0.671. The van der Waals surface area contributed by atoms with E-state index in [-0.39, 0.29) is 0 Å². The fraction of sp³-hybridized carbons (Fsp3) is 0.625. The van der Waals surface area contributed by atoms with Gasteiger partial charge in [0, 0.05) is 5.92 Å². The number of fused-ring (bicyclic) bond motifs is 2. The van der Waals surface area contributed by atoms with Crippen molar-refractivity contribution in [3.8, 4) is 0 Å². The lowest BCUT2D eigenvalue weighted by Gasteiger charge is -2.20. The van der Waals surface area contributed by atoms with Crippen molar-refractivity contribution in [3.63, 3.8) is 0 Å². The molecule has 2 aliphatic carbocycles. The van der Waals surface area contributed by atoms with Gasteiger partial charge in [-0.15, -0.1) is 11.6 Å². The van der Waals surface area contributed by atoms with Gasteiger partial charge in [0.15, 0.2) is 0 Å². The third-order valence-electron chi connectivity index (χ3n) is 2.56. The molecule has 10 heavy (non-hydrogen) atoms. The fourth-order valence-electron chi connectivity index (χ4n) is 1.97. The van der Waals surface area contributed by atoms with Crippen LogP contribution in [0.3, 0.4) is 0 Å². The van der Waals surface area contributed by atoms with Gasteiger partial charge in [0.25, 0.3) is 0 Å². The molecule has 1 saturated carbocycles. The third-order valence-corrected chi connectivity index (χ3v) is 3.08. The summed E-state index contributed by atoms with van der Waals surface area (Å²) in [6.45, 7) is 0. The molecule has 0 aliphatic heterocycles. The summed E-state index contributed by atoms with van der Waals surface area (Å²) in [5.74, 6) is 0.893. The van der Waals surface area contributed by atoms with Crippen LogP contribution in [0.5, 0.6) is 0 Å². The van der Waals surface area contributed by atoms with Crippen molar-refractivity contribution in [2.24, 2.45) is 11.8 Å². The number of allylic oxidation sites excluding steroid dienone is 2. The number of hydrogen-bond acceptors (Lipinski definition) is 1. The zero-order chi connectivity index (χ0) is 7.19. The molecular weight excluding hydrogens is 148 g/mol. The minimum atomic E-state index is -0.542. The first kappa shape index (κ1) is 6.41. The van der Waals surface area contributed by atoms with Crippen LogP contribution in [-0.2, 0) is 4.79 Å². The highest BCUT2D eigenvalue weighted by atomic mass is 35.5. The van der Waals surface area contributed by atoms with E-state index in [9.17, 15) is 4.79 Å². The van der Waals surface area contributed by atoms with Crippen molar-refractivity contribution < 1.29 is 4.79 Å². The van der Waals surface area contributed by atoms with Gasteiger partial charge in [0.2, 0.25) is 0 Å². The lowest BCUT2D eigenvalue weighted by molar-refractivity contribution is -0.110. The van der Waals surface area contributed by atoms with Crippen LogP contribution in [-0.4, -0.2) is 11.2 Å². The largest absolute Gasteiger partial charge is 0.301 e. The first-order valence-electron chi connectivity index (χ1n) is 3.58. The lowest BCUT2D eigenvalue weighted by Crippen LogP contribution is -2.28. The topological polar surface area (TPSA) is 17.1 Å². The Morgan fingerprint density at radius 3 is 2.70 bits per heavy atom. The highest BCUT2D eigenvalue weighted by Crippen LogP contribution is 2.48. The van der Waals surface area contributed by atoms with Crippen molar-refractivity contribution in [2.45, 2.75) is 17.7 Å². The molecule has 0 unspecified atom stereocenters. The Morgan fingerprint density at radius 1 is 1.60 bits per heavy atom. The van der Waals surface area contributed by atoms with Crippen molar-refractivity contribution in [2.75, 3.05) is 0 Å². The SMILES string of the molecule is O=C[C@]1(Cl)C[C@@H]2C=C[C@@H]1C2. The van der Waals surface area contributed by atoms with Gasteiger partial charge in [0.1, 0.15) is 11.2 Å². The highest BCUT2D eigenvalue weighted by Gasteiger charge is 2.46. The van der Waals surface area contributed by atoms with Gasteiger partial charge in [-0.25, -0.2) is 0 Å². The molecule has 2 aliphatic rings. The van der Waals surface area contributed by atoms with Crippen LogP contribution in [0, 0.1) is 11.8 Å². The van der Waals surface area contributed by atoms with Gasteiger partial charge in [0.05, 0.1) is 0 Å². The summed E-state index contributed by atoms with van der Waals surface area (Å²) in [5, 5.41) is 0. The van der Waals surface area contributed by atoms with Crippen LogP contribution >= 0.6 is 11.6 Å². The van der Waals surface area contributed by atoms with E-state index in [1.807, 2.05) is 0 Å². The number of aldehydes is 1. The molecular formula is C8H9ClO. The van der Waals surface area contributed by atoms with Crippen LogP contribution in [0.4, 0.5) is 0 Å². The van der Waals surface area contributed by atoms with Crippen molar-refractivity contribution in [1.29, 1.82) is 0 Å². The minimum absolute atomic E-state index is 0.316. The molecule has 3 atom stereocenters. The van der Waals surface area contributed by atoms with E-state index in [1.54, 1.807) is 0 Å². The Balaban J connectivity index is 2.30. The first-order valence-corrected chi connectivity index (χ1v) is 3.96. The normalized spacial score (nSPS) is 50.1. The second kappa shape index (κ2) is 1.85. The quantitative estimate of drug-likeness (QED) is 0.321. The van der Waals surface area contributed by atoms with Crippen LogP contribution in [0.2, 0.25) is 0 Å². The van der Waals surface area contributed by atoms with E-state index in [1.165, 1.54) is 0 Å². The number of carbonyl (C=O) groups is 1. The molecule has 0 aromatic heterocycles. The average molecular weight is 157 g/mol. The second-order valence-electron chi connectivity index (χ2n) is 3.24. The number of alkyl halides is 1. The van der Waals surface area contributed by atoms with Crippen molar-refractivity contribution >= 4 is 17.9 Å². The molecule has 0 saturated heterocycles. The monoisotopic (exact) mass is 156 g/mol. The Kier molecular flexibility index (Phi) is 1.19. The van der Waals surface area contributed by atoms with E-state index < -0.39 is 4.87 Å². The first-order chi connectivity index (χ1) is 4.74. The zero-order valence-electron chi connectivity index (χ0n) is 5.59. The molecule has 0 aromatic carbocycles. The van der Waals surface area contributed by atoms with E-state index in [2.05, 4.69) is 12.2 Å². The summed E-state index contributed by atoms with van der Waals surface area (Å²) in [6.07, 6.45) is 7.09. The molecule has 0 spiro atoms. The molecule has 1 fully saturated rings. The number of rotatable bonds is 1. The van der Waals surface area contributed by atoms with Crippen molar-refractivity contribution in [3.05, 3.63) is 12.2 Å². The molecule has 54 valence electrons. The van der Waals surface area contributed by atoms with Gasteiger partial charge < -0.3 is 4.79 Å². The Labute approximate surface area is 65.1 Å². The second-order valence-corrected chi connectivity index (χ2v) is 3.94.